The second kappa shape index (κ2) is 5.19. The molecule has 0 saturated carbocycles. The van der Waals surface area contributed by atoms with E-state index in [0.717, 1.165) is 25.1 Å². The first-order valence-corrected chi connectivity index (χ1v) is 7.20. The molecule has 2 aromatic rings. The molecule has 1 unspecified atom stereocenters. The first-order chi connectivity index (χ1) is 9.74. The minimum Gasteiger partial charge on any atom is -0.497 e. The van der Waals surface area contributed by atoms with Crippen LogP contribution in [0.3, 0.4) is 0 Å². The molecule has 3 rings (SSSR count). The average Bonchev–Trinajstić information content (AvgIpc) is 2.84. The number of hydrogen-bond donors (Lipinski definition) is 1. The molecule has 1 N–H and O–H groups in total. The van der Waals surface area contributed by atoms with Crippen molar-refractivity contribution in [2.24, 2.45) is 0 Å². The van der Waals surface area contributed by atoms with Crippen molar-refractivity contribution in [3.8, 4) is 5.75 Å². The summed E-state index contributed by atoms with van der Waals surface area (Å²) < 4.78 is 7.38. The van der Waals surface area contributed by atoms with E-state index in [2.05, 4.69) is 36.0 Å². The topological polar surface area (TPSA) is 39.1 Å². The van der Waals surface area contributed by atoms with Crippen LogP contribution in [0, 0.1) is 6.92 Å². The van der Waals surface area contributed by atoms with Gasteiger partial charge >= 0.3 is 0 Å². The molecule has 106 valence electrons. The van der Waals surface area contributed by atoms with Crippen molar-refractivity contribution in [3.63, 3.8) is 0 Å². The maximum Gasteiger partial charge on any atom is 0.128 e. The van der Waals surface area contributed by atoms with Crippen LogP contribution in [0.2, 0.25) is 0 Å². The molecule has 4 heteroatoms. The largest absolute Gasteiger partial charge is 0.497 e. The number of nitrogens with zero attached hydrogens (tertiary/aromatic N) is 2. The summed E-state index contributed by atoms with van der Waals surface area (Å²) in [6.45, 7) is 5.30. The van der Waals surface area contributed by atoms with Gasteiger partial charge in [-0.3, -0.25) is 0 Å². The van der Waals surface area contributed by atoms with E-state index in [-0.39, 0.29) is 0 Å². The zero-order valence-electron chi connectivity index (χ0n) is 12.3. The molecule has 1 aromatic heterocycles. The van der Waals surface area contributed by atoms with Gasteiger partial charge in [-0.05, 0) is 37.5 Å². The fourth-order valence-corrected chi connectivity index (χ4v) is 2.92. The summed E-state index contributed by atoms with van der Waals surface area (Å²) in [4.78, 5) is 0. The van der Waals surface area contributed by atoms with Crippen LogP contribution in [0.25, 0.3) is 0 Å². The van der Waals surface area contributed by atoms with Crippen molar-refractivity contribution < 1.29 is 4.74 Å². The van der Waals surface area contributed by atoms with Crippen LogP contribution in [0.4, 0.5) is 5.82 Å². The number of nitrogens with one attached hydrogen (secondary N) is 1. The Balaban J connectivity index is 2.00. The van der Waals surface area contributed by atoms with E-state index in [1.165, 1.54) is 22.6 Å². The highest BCUT2D eigenvalue weighted by atomic mass is 16.5. The number of fused-ring (bicyclic) bond motifs is 1. The van der Waals surface area contributed by atoms with Gasteiger partial charge in [-0.25, -0.2) is 4.68 Å². The minimum atomic E-state index is 0.316. The fraction of sp³-hybridized carbons (Fsp3) is 0.438. The molecule has 1 aliphatic heterocycles. The smallest absolute Gasteiger partial charge is 0.128 e. The van der Waals surface area contributed by atoms with E-state index < -0.39 is 0 Å². The minimum absolute atomic E-state index is 0.316. The van der Waals surface area contributed by atoms with Gasteiger partial charge in [0.05, 0.1) is 18.8 Å². The molecule has 2 heterocycles. The second-order valence-electron chi connectivity index (χ2n) is 5.22. The number of aryl methyl sites for hydroxylation is 1. The lowest BCUT2D eigenvalue weighted by molar-refractivity contribution is 0.413. The molecule has 1 atom stereocenters. The van der Waals surface area contributed by atoms with Crippen LogP contribution < -0.4 is 10.1 Å². The normalized spacial score (nSPS) is 17.4. The summed E-state index contributed by atoms with van der Waals surface area (Å²) in [5.74, 6) is 2.07. The Morgan fingerprint density at radius 1 is 1.35 bits per heavy atom. The third-order valence-electron chi connectivity index (χ3n) is 4.09. The quantitative estimate of drug-likeness (QED) is 0.932. The lowest BCUT2D eigenvalue weighted by Gasteiger charge is -2.26. The summed E-state index contributed by atoms with van der Waals surface area (Å²) in [5, 5.41) is 8.28. The molecule has 0 spiro atoms. The Labute approximate surface area is 119 Å². The molecule has 1 aliphatic rings. The number of aromatic nitrogens is 2. The van der Waals surface area contributed by atoms with Gasteiger partial charge in [0, 0.05) is 12.1 Å². The first-order valence-electron chi connectivity index (χ1n) is 7.20. The zero-order valence-corrected chi connectivity index (χ0v) is 12.3. The maximum atomic E-state index is 5.23. The Morgan fingerprint density at radius 3 is 2.75 bits per heavy atom. The Bertz CT molecular complexity index is 601. The van der Waals surface area contributed by atoms with Gasteiger partial charge in [0.15, 0.2) is 0 Å². The van der Waals surface area contributed by atoms with Crippen LogP contribution >= 0.6 is 0 Å². The maximum absolute atomic E-state index is 5.23. The van der Waals surface area contributed by atoms with Crippen LogP contribution in [0.15, 0.2) is 24.3 Å². The lowest BCUT2D eigenvalue weighted by Crippen LogP contribution is -2.24. The van der Waals surface area contributed by atoms with Gasteiger partial charge in [-0.2, -0.15) is 5.10 Å². The van der Waals surface area contributed by atoms with Gasteiger partial charge < -0.3 is 10.1 Å². The molecule has 1 aromatic carbocycles. The molecule has 0 bridgehead atoms. The van der Waals surface area contributed by atoms with Gasteiger partial charge in [0.25, 0.3) is 0 Å². The second-order valence-corrected chi connectivity index (χ2v) is 5.22. The predicted octanol–water partition coefficient (Wildman–Crippen LogP) is 3.17. The van der Waals surface area contributed by atoms with Gasteiger partial charge in [0.1, 0.15) is 11.6 Å². The molecule has 0 amide bonds. The molecule has 20 heavy (non-hydrogen) atoms. The molecule has 0 aliphatic carbocycles. The number of methoxy groups -OCH3 is 1. The van der Waals surface area contributed by atoms with E-state index in [1.54, 1.807) is 7.11 Å². The third kappa shape index (κ3) is 2.05. The summed E-state index contributed by atoms with van der Waals surface area (Å²) >= 11 is 0. The van der Waals surface area contributed by atoms with Crippen LogP contribution in [0.1, 0.15) is 36.2 Å². The number of hydrogen-bond acceptors (Lipinski definition) is 3. The third-order valence-corrected chi connectivity index (χ3v) is 4.09. The summed E-state index contributed by atoms with van der Waals surface area (Å²) in [7, 11) is 1.70. The van der Waals surface area contributed by atoms with Gasteiger partial charge in [0.2, 0.25) is 0 Å². The lowest BCUT2D eigenvalue weighted by atomic mass is 10.0. The predicted molar refractivity (Wildman–Crippen MR) is 80.6 cm³/mol. The van der Waals surface area contributed by atoms with Crippen LogP contribution in [-0.4, -0.2) is 23.4 Å². The van der Waals surface area contributed by atoms with Crippen molar-refractivity contribution in [1.82, 2.24) is 9.78 Å². The van der Waals surface area contributed by atoms with Crippen molar-refractivity contribution in [2.45, 2.75) is 32.7 Å². The van der Waals surface area contributed by atoms with Crippen molar-refractivity contribution in [2.75, 3.05) is 19.0 Å². The summed E-state index contributed by atoms with van der Waals surface area (Å²) in [6, 6.07) is 8.64. The Morgan fingerprint density at radius 2 is 2.10 bits per heavy atom. The molecule has 0 radical (unpaired) electrons. The van der Waals surface area contributed by atoms with Gasteiger partial charge in [-0.15, -0.1) is 0 Å². The Hall–Kier alpha value is -1.97. The Kier molecular flexibility index (Phi) is 3.38. The molecule has 0 saturated heterocycles. The number of benzene rings is 1. The summed E-state index contributed by atoms with van der Waals surface area (Å²) in [6.07, 6.45) is 2.03. The van der Waals surface area contributed by atoms with E-state index in [4.69, 9.17) is 9.84 Å². The molecular formula is C16H21N3O. The standard InChI is InChI=1S/C16H21N3O/c1-4-14-11(2)16-17-10-9-15(19(16)18-14)12-5-7-13(20-3)8-6-12/h5-8,15,17H,4,9-10H2,1-3H3. The highest BCUT2D eigenvalue weighted by molar-refractivity contribution is 5.49. The number of anilines is 1. The van der Waals surface area contributed by atoms with E-state index in [9.17, 15) is 0 Å². The average molecular weight is 271 g/mol. The van der Waals surface area contributed by atoms with E-state index in [1.807, 2.05) is 12.1 Å². The van der Waals surface area contributed by atoms with Crippen molar-refractivity contribution in [1.29, 1.82) is 0 Å². The molecule has 4 nitrogen and oxygen atoms in total. The van der Waals surface area contributed by atoms with E-state index in [0.29, 0.717) is 6.04 Å². The van der Waals surface area contributed by atoms with Gasteiger partial charge in [-0.1, -0.05) is 19.1 Å². The SMILES string of the molecule is CCc1nn2c(c1C)NCCC2c1ccc(OC)cc1. The first kappa shape index (κ1) is 13.0. The number of ether oxygens (including phenoxy) is 1. The molecular weight excluding hydrogens is 250 g/mol. The van der Waals surface area contributed by atoms with Crippen molar-refractivity contribution >= 4 is 5.82 Å². The number of rotatable bonds is 3. The zero-order chi connectivity index (χ0) is 14.1. The van der Waals surface area contributed by atoms with E-state index >= 15 is 0 Å². The van der Waals surface area contributed by atoms with Crippen molar-refractivity contribution in [3.05, 3.63) is 41.1 Å². The van der Waals surface area contributed by atoms with Crippen LogP contribution in [-0.2, 0) is 6.42 Å². The summed E-state index contributed by atoms with van der Waals surface area (Å²) in [5.41, 5.74) is 3.76. The monoisotopic (exact) mass is 271 g/mol. The van der Waals surface area contributed by atoms with Crippen LogP contribution in [0.5, 0.6) is 5.75 Å². The highest BCUT2D eigenvalue weighted by Gasteiger charge is 2.25. The highest BCUT2D eigenvalue weighted by Crippen LogP contribution is 2.33. The fourth-order valence-electron chi connectivity index (χ4n) is 2.92. The molecule has 0 fully saturated rings.